The molecular weight excluding hydrogens is 244 g/mol. The first-order valence-electron chi connectivity index (χ1n) is 6.51. The third-order valence-electron chi connectivity index (χ3n) is 3.69. The first-order valence-corrected chi connectivity index (χ1v) is 6.51. The van der Waals surface area contributed by atoms with Crippen molar-refractivity contribution < 1.29 is 14.3 Å². The van der Waals surface area contributed by atoms with Gasteiger partial charge in [0, 0.05) is 11.3 Å². The SMILES string of the molecule is Cc1nc2c(n1Cc1ccoc1C(=O)O)CCCC2. The Morgan fingerprint density at radius 3 is 3.05 bits per heavy atom. The van der Waals surface area contributed by atoms with Crippen LogP contribution in [-0.4, -0.2) is 20.6 Å². The molecule has 0 aliphatic heterocycles. The molecule has 100 valence electrons. The Bertz CT molecular complexity index is 625. The van der Waals surface area contributed by atoms with Gasteiger partial charge < -0.3 is 14.1 Å². The zero-order valence-corrected chi connectivity index (χ0v) is 10.8. The van der Waals surface area contributed by atoms with Crippen LogP contribution in [0.1, 0.15) is 46.2 Å². The second-order valence-electron chi connectivity index (χ2n) is 4.93. The first-order chi connectivity index (χ1) is 9.16. The smallest absolute Gasteiger partial charge is 0.372 e. The van der Waals surface area contributed by atoms with Crippen molar-refractivity contribution in [2.45, 2.75) is 39.2 Å². The summed E-state index contributed by atoms with van der Waals surface area (Å²) in [5, 5.41) is 9.07. The first kappa shape index (κ1) is 12.0. The minimum absolute atomic E-state index is 0.0256. The number of aromatic carboxylic acids is 1. The standard InChI is InChI=1S/C14H16N2O3/c1-9-15-11-4-2-3-5-12(11)16(9)8-10-6-7-19-13(10)14(17)18/h6-7H,2-5,8H2,1H3,(H,17,18). The Labute approximate surface area is 110 Å². The molecule has 0 unspecified atom stereocenters. The van der Waals surface area contributed by atoms with E-state index in [4.69, 9.17) is 9.52 Å². The number of carbonyl (C=O) groups is 1. The van der Waals surface area contributed by atoms with Gasteiger partial charge in [-0.05, 0) is 38.7 Å². The summed E-state index contributed by atoms with van der Waals surface area (Å²) in [7, 11) is 0. The molecule has 5 heteroatoms. The maximum Gasteiger partial charge on any atom is 0.372 e. The van der Waals surface area contributed by atoms with Gasteiger partial charge in [-0.15, -0.1) is 0 Å². The molecule has 1 aliphatic carbocycles. The van der Waals surface area contributed by atoms with Crippen molar-refractivity contribution in [1.82, 2.24) is 9.55 Å². The van der Waals surface area contributed by atoms with Crippen molar-refractivity contribution >= 4 is 5.97 Å². The highest BCUT2D eigenvalue weighted by atomic mass is 16.4. The molecule has 19 heavy (non-hydrogen) atoms. The molecule has 1 N–H and O–H groups in total. The van der Waals surface area contributed by atoms with E-state index in [2.05, 4.69) is 9.55 Å². The second-order valence-corrected chi connectivity index (χ2v) is 4.93. The summed E-state index contributed by atoms with van der Waals surface area (Å²) in [6.07, 6.45) is 5.85. The average molecular weight is 260 g/mol. The van der Waals surface area contributed by atoms with Crippen LogP contribution in [0.5, 0.6) is 0 Å². The van der Waals surface area contributed by atoms with E-state index in [9.17, 15) is 4.79 Å². The normalized spacial score (nSPS) is 14.4. The highest BCUT2D eigenvalue weighted by molar-refractivity contribution is 5.86. The van der Waals surface area contributed by atoms with E-state index in [1.165, 1.54) is 30.5 Å². The molecule has 0 atom stereocenters. The van der Waals surface area contributed by atoms with Gasteiger partial charge in [0.05, 0.1) is 18.5 Å². The number of hydrogen-bond donors (Lipinski definition) is 1. The van der Waals surface area contributed by atoms with Crippen LogP contribution in [0.15, 0.2) is 16.7 Å². The predicted octanol–water partition coefficient (Wildman–Crippen LogP) is 2.41. The van der Waals surface area contributed by atoms with Crippen molar-refractivity contribution in [2.75, 3.05) is 0 Å². The number of fused-ring (bicyclic) bond motifs is 1. The fraction of sp³-hybridized carbons (Fsp3) is 0.429. The highest BCUT2D eigenvalue weighted by Gasteiger charge is 2.20. The van der Waals surface area contributed by atoms with E-state index in [1.54, 1.807) is 6.07 Å². The Balaban J connectivity index is 1.97. The number of rotatable bonds is 3. The van der Waals surface area contributed by atoms with E-state index >= 15 is 0 Å². The summed E-state index contributed by atoms with van der Waals surface area (Å²) in [6, 6.07) is 1.72. The van der Waals surface area contributed by atoms with Crippen molar-refractivity contribution in [2.24, 2.45) is 0 Å². The molecule has 0 spiro atoms. The lowest BCUT2D eigenvalue weighted by Crippen LogP contribution is -2.11. The summed E-state index contributed by atoms with van der Waals surface area (Å²) >= 11 is 0. The van der Waals surface area contributed by atoms with Crippen LogP contribution in [0, 0.1) is 6.92 Å². The van der Waals surface area contributed by atoms with Crippen molar-refractivity contribution in [1.29, 1.82) is 0 Å². The molecule has 0 saturated carbocycles. The number of carboxylic acids is 1. The third kappa shape index (κ3) is 2.05. The summed E-state index contributed by atoms with van der Waals surface area (Å²) in [4.78, 5) is 15.7. The Morgan fingerprint density at radius 1 is 1.47 bits per heavy atom. The third-order valence-corrected chi connectivity index (χ3v) is 3.69. The highest BCUT2D eigenvalue weighted by Crippen LogP contribution is 2.24. The minimum Gasteiger partial charge on any atom is -0.475 e. The zero-order valence-electron chi connectivity index (χ0n) is 10.8. The van der Waals surface area contributed by atoms with Crippen LogP contribution in [0.4, 0.5) is 0 Å². The van der Waals surface area contributed by atoms with Gasteiger partial charge in [-0.25, -0.2) is 9.78 Å². The average Bonchev–Trinajstić information content (AvgIpc) is 2.96. The molecule has 2 heterocycles. The topological polar surface area (TPSA) is 68.3 Å². The van der Waals surface area contributed by atoms with Gasteiger partial charge in [0.15, 0.2) is 0 Å². The fourth-order valence-corrected chi connectivity index (χ4v) is 2.76. The summed E-state index contributed by atoms with van der Waals surface area (Å²) in [5.41, 5.74) is 3.12. The summed E-state index contributed by atoms with van der Waals surface area (Å²) < 4.78 is 7.14. The molecule has 0 radical (unpaired) electrons. The Hall–Kier alpha value is -2.04. The van der Waals surface area contributed by atoms with Crippen LogP contribution in [-0.2, 0) is 19.4 Å². The summed E-state index contributed by atoms with van der Waals surface area (Å²) in [6.45, 7) is 2.49. The monoisotopic (exact) mass is 260 g/mol. The molecule has 0 fully saturated rings. The lowest BCUT2D eigenvalue weighted by Gasteiger charge is -2.14. The van der Waals surface area contributed by atoms with E-state index in [1.807, 2.05) is 6.92 Å². The van der Waals surface area contributed by atoms with Crippen LogP contribution < -0.4 is 0 Å². The fourth-order valence-electron chi connectivity index (χ4n) is 2.76. The van der Waals surface area contributed by atoms with Gasteiger partial charge in [0.2, 0.25) is 5.76 Å². The number of aromatic nitrogens is 2. The number of aryl methyl sites for hydroxylation is 2. The summed E-state index contributed by atoms with van der Waals surface area (Å²) in [5.74, 6) is -0.0475. The van der Waals surface area contributed by atoms with Crippen LogP contribution in [0.25, 0.3) is 0 Å². The van der Waals surface area contributed by atoms with Gasteiger partial charge in [-0.1, -0.05) is 0 Å². The number of carboxylic acid groups (broad SMARTS) is 1. The number of imidazole rings is 1. The Kier molecular flexibility index (Phi) is 2.89. The molecule has 0 amide bonds. The lowest BCUT2D eigenvalue weighted by atomic mass is 10.0. The van der Waals surface area contributed by atoms with Crippen molar-refractivity contribution in [3.63, 3.8) is 0 Å². The minimum atomic E-state index is -1.02. The van der Waals surface area contributed by atoms with Crippen LogP contribution in [0.3, 0.4) is 0 Å². The maximum absolute atomic E-state index is 11.1. The van der Waals surface area contributed by atoms with E-state index in [-0.39, 0.29) is 5.76 Å². The second kappa shape index (κ2) is 4.57. The molecule has 2 aromatic rings. The largest absolute Gasteiger partial charge is 0.475 e. The van der Waals surface area contributed by atoms with E-state index in [0.717, 1.165) is 18.7 Å². The molecule has 2 aromatic heterocycles. The molecule has 0 aromatic carbocycles. The molecule has 0 saturated heterocycles. The molecule has 0 bridgehead atoms. The maximum atomic E-state index is 11.1. The predicted molar refractivity (Wildman–Crippen MR) is 68.4 cm³/mol. The van der Waals surface area contributed by atoms with Gasteiger partial charge in [0.1, 0.15) is 5.82 Å². The van der Waals surface area contributed by atoms with Gasteiger partial charge in [-0.2, -0.15) is 0 Å². The van der Waals surface area contributed by atoms with Crippen molar-refractivity contribution in [3.8, 4) is 0 Å². The van der Waals surface area contributed by atoms with Crippen LogP contribution in [0.2, 0.25) is 0 Å². The molecular formula is C14H16N2O3. The molecule has 3 rings (SSSR count). The molecule has 5 nitrogen and oxygen atoms in total. The van der Waals surface area contributed by atoms with Gasteiger partial charge in [-0.3, -0.25) is 0 Å². The quantitative estimate of drug-likeness (QED) is 0.920. The van der Waals surface area contributed by atoms with E-state index in [0.29, 0.717) is 12.1 Å². The lowest BCUT2D eigenvalue weighted by molar-refractivity contribution is 0.0660. The van der Waals surface area contributed by atoms with Gasteiger partial charge in [0.25, 0.3) is 0 Å². The van der Waals surface area contributed by atoms with Crippen LogP contribution >= 0.6 is 0 Å². The number of nitrogens with zero attached hydrogens (tertiary/aromatic N) is 2. The molecule has 1 aliphatic rings. The zero-order chi connectivity index (χ0) is 13.4. The number of furan rings is 1. The Morgan fingerprint density at radius 2 is 2.26 bits per heavy atom. The van der Waals surface area contributed by atoms with E-state index < -0.39 is 5.97 Å². The number of hydrogen-bond acceptors (Lipinski definition) is 3. The van der Waals surface area contributed by atoms with Crippen molar-refractivity contribution in [3.05, 3.63) is 40.9 Å². The van der Waals surface area contributed by atoms with Gasteiger partial charge >= 0.3 is 5.97 Å².